The maximum Gasteiger partial charge on any atom is 0.508 e. The van der Waals surface area contributed by atoms with Gasteiger partial charge in [-0.1, -0.05) is 74.8 Å². The fraction of sp³-hybridized carbons (Fsp3) is 0.771. The number of amides is 5. The maximum absolute atomic E-state index is 14.3. The van der Waals surface area contributed by atoms with Crippen LogP contribution in [0.1, 0.15) is 94.4 Å². The molecule has 0 aromatic heterocycles. The highest BCUT2D eigenvalue weighted by atomic mass is 16.7. The summed E-state index contributed by atoms with van der Waals surface area (Å²) in [5.41, 5.74) is -1.26. The molecule has 48 heavy (non-hydrogen) atoms. The van der Waals surface area contributed by atoms with Crippen molar-refractivity contribution >= 4 is 35.7 Å². The lowest BCUT2D eigenvalue weighted by molar-refractivity contribution is -0.143. The molecular weight excluding hydrogens is 618 g/mol. The molecule has 1 heterocycles. The molecule has 2 aliphatic rings. The second-order valence-corrected chi connectivity index (χ2v) is 15.6. The van der Waals surface area contributed by atoms with E-state index in [1.165, 1.54) is 11.0 Å². The molecule has 2 unspecified atom stereocenters. The average Bonchev–Trinajstić information content (AvgIpc) is 3.71. The maximum atomic E-state index is 14.3. The molecule has 5 atom stereocenters. The zero-order chi connectivity index (χ0) is 36.4. The summed E-state index contributed by atoms with van der Waals surface area (Å²) in [7, 11) is 0. The molecule has 13 heteroatoms. The average molecular weight is 678 g/mol. The Balaban J connectivity index is 2.22. The third kappa shape index (κ3) is 12.4. The van der Waals surface area contributed by atoms with Crippen molar-refractivity contribution in [3.63, 3.8) is 0 Å². The van der Waals surface area contributed by atoms with Crippen LogP contribution in [-0.2, 0) is 28.7 Å². The fourth-order valence-corrected chi connectivity index (χ4v) is 5.40. The van der Waals surface area contributed by atoms with E-state index < -0.39 is 70.7 Å². The summed E-state index contributed by atoms with van der Waals surface area (Å²) >= 11 is 0. The number of nitrogens with one attached hydrogen (secondary N) is 4. The number of hydrogen-bond donors (Lipinski definition) is 4. The van der Waals surface area contributed by atoms with Gasteiger partial charge in [0.1, 0.15) is 18.7 Å². The second-order valence-electron chi connectivity index (χ2n) is 15.6. The smallest absolute Gasteiger partial charge is 0.434 e. The third-order valence-electron chi connectivity index (χ3n) is 8.94. The number of likely N-dealkylation sites (tertiary alicyclic amines) is 1. The molecule has 272 valence electrons. The number of ketones is 1. The van der Waals surface area contributed by atoms with Gasteiger partial charge in [-0.05, 0) is 54.3 Å². The zero-order valence-electron chi connectivity index (χ0n) is 30.4. The third-order valence-corrected chi connectivity index (χ3v) is 8.94. The number of hydrogen-bond acceptors (Lipinski definition) is 8. The highest BCUT2D eigenvalue weighted by Gasteiger charge is 2.46. The van der Waals surface area contributed by atoms with Crippen LogP contribution in [0, 0.1) is 28.6 Å². The van der Waals surface area contributed by atoms with E-state index in [0.717, 1.165) is 12.8 Å². The second kappa shape index (κ2) is 17.7. The zero-order valence-corrected chi connectivity index (χ0v) is 30.4. The first kappa shape index (κ1) is 40.5. The predicted octanol–water partition coefficient (Wildman–Crippen LogP) is 3.71. The molecule has 5 amide bonds. The first-order valence-electron chi connectivity index (χ1n) is 17.2. The molecule has 1 aliphatic heterocycles. The molecule has 1 saturated carbocycles. The van der Waals surface area contributed by atoms with Gasteiger partial charge in [-0.25, -0.2) is 9.59 Å². The molecule has 2 rings (SSSR count). The van der Waals surface area contributed by atoms with Crippen molar-refractivity contribution < 1.29 is 38.2 Å². The number of carbonyl (C=O) groups excluding carboxylic acids is 6. The molecular formula is C35H59N5O8. The summed E-state index contributed by atoms with van der Waals surface area (Å²) in [5.74, 6) is -1.99. The summed E-state index contributed by atoms with van der Waals surface area (Å²) < 4.78 is 10.5. The monoisotopic (exact) mass is 677 g/mol. The quantitative estimate of drug-likeness (QED) is 0.109. The molecule has 1 aliphatic carbocycles. The molecule has 0 aromatic rings. The van der Waals surface area contributed by atoms with E-state index in [2.05, 4.69) is 27.8 Å². The van der Waals surface area contributed by atoms with Crippen LogP contribution in [0.15, 0.2) is 12.7 Å². The Morgan fingerprint density at radius 2 is 1.58 bits per heavy atom. The number of urea groups is 1. The van der Waals surface area contributed by atoms with Crippen LogP contribution in [0.5, 0.6) is 0 Å². The van der Waals surface area contributed by atoms with Crippen molar-refractivity contribution in [1.82, 2.24) is 26.2 Å². The summed E-state index contributed by atoms with van der Waals surface area (Å²) in [6.45, 7) is 21.1. The lowest BCUT2D eigenvalue weighted by Gasteiger charge is -2.37. The van der Waals surface area contributed by atoms with E-state index in [4.69, 9.17) is 9.47 Å². The van der Waals surface area contributed by atoms with Gasteiger partial charge in [0, 0.05) is 13.1 Å². The molecule has 0 bridgehead atoms. The minimum absolute atomic E-state index is 0.00236. The first-order valence-corrected chi connectivity index (χ1v) is 17.2. The van der Waals surface area contributed by atoms with E-state index >= 15 is 0 Å². The van der Waals surface area contributed by atoms with Gasteiger partial charge in [0.15, 0.2) is 0 Å². The number of nitrogens with zero attached hydrogens (tertiary/aromatic N) is 1. The van der Waals surface area contributed by atoms with Crippen molar-refractivity contribution in [2.24, 2.45) is 28.6 Å². The van der Waals surface area contributed by atoms with Crippen LogP contribution in [0.25, 0.3) is 0 Å². The number of Topliss-reactive ketones (excluding diaryl/α,β-unsaturated/α-hetero) is 1. The van der Waals surface area contributed by atoms with E-state index in [1.54, 1.807) is 0 Å². The van der Waals surface area contributed by atoms with Crippen LogP contribution >= 0.6 is 0 Å². The predicted molar refractivity (Wildman–Crippen MR) is 182 cm³/mol. The van der Waals surface area contributed by atoms with Gasteiger partial charge >= 0.3 is 12.2 Å². The van der Waals surface area contributed by atoms with Crippen molar-refractivity contribution in [2.45, 2.75) is 119 Å². The highest BCUT2D eigenvalue weighted by molar-refractivity contribution is 6.38. The summed E-state index contributed by atoms with van der Waals surface area (Å²) in [5, 5.41) is 10.9. The molecule has 0 spiro atoms. The standard InChI is InChI=1S/C35H59N5O8/c1-11-13-24(27(41)30(43)36-16-12-2)37-29(42)25-17-23(21(3)4)18-40(25)31(44)28(35(8,9)10)39-32(45)38-26(34(5,6)7)20-48-33(46)47-19-22-14-15-22/h12,21-26,28H,2,11,13-20H2,1,3-10H3,(H,36,43)(H,37,42)(H2,38,39,45)/t23-,24?,25?,26-,28-/m1/s1. The molecule has 1 saturated heterocycles. The van der Waals surface area contributed by atoms with Crippen molar-refractivity contribution in [1.29, 1.82) is 0 Å². The summed E-state index contributed by atoms with van der Waals surface area (Å²) in [6.07, 6.45) is 3.89. The molecule has 4 N–H and O–H groups in total. The van der Waals surface area contributed by atoms with Crippen LogP contribution in [0.3, 0.4) is 0 Å². The topological polar surface area (TPSA) is 172 Å². The van der Waals surface area contributed by atoms with Crippen molar-refractivity contribution in [2.75, 3.05) is 26.3 Å². The van der Waals surface area contributed by atoms with Crippen molar-refractivity contribution in [3.05, 3.63) is 12.7 Å². The van der Waals surface area contributed by atoms with Gasteiger partial charge in [-0.2, -0.15) is 0 Å². The normalized spacial score (nSPS) is 19.8. The van der Waals surface area contributed by atoms with E-state index in [9.17, 15) is 28.8 Å². The minimum atomic E-state index is -1.05. The van der Waals surface area contributed by atoms with Crippen LogP contribution in [-0.4, -0.2) is 91.1 Å². The van der Waals surface area contributed by atoms with Gasteiger partial charge in [0.2, 0.25) is 17.6 Å². The van der Waals surface area contributed by atoms with Crippen LogP contribution in [0.2, 0.25) is 0 Å². The van der Waals surface area contributed by atoms with Gasteiger partial charge in [0.25, 0.3) is 5.91 Å². The fourth-order valence-electron chi connectivity index (χ4n) is 5.40. The van der Waals surface area contributed by atoms with E-state index in [0.29, 0.717) is 25.4 Å². The van der Waals surface area contributed by atoms with Crippen LogP contribution < -0.4 is 21.3 Å². The van der Waals surface area contributed by atoms with Crippen molar-refractivity contribution in [3.8, 4) is 0 Å². The molecule has 13 nitrogen and oxygen atoms in total. The Morgan fingerprint density at radius 1 is 0.938 bits per heavy atom. The Labute approximate surface area is 286 Å². The molecule has 0 radical (unpaired) electrons. The lowest BCUT2D eigenvalue weighted by Crippen LogP contribution is -2.61. The van der Waals surface area contributed by atoms with E-state index in [-0.39, 0.29) is 38.0 Å². The Kier molecular flexibility index (Phi) is 14.9. The summed E-state index contributed by atoms with van der Waals surface area (Å²) in [4.78, 5) is 80.4. The Bertz CT molecular complexity index is 1170. The molecule has 0 aromatic carbocycles. The number of rotatable bonds is 16. The summed E-state index contributed by atoms with van der Waals surface area (Å²) in [6, 6.07) is -4.21. The Hall–Kier alpha value is -3.64. The molecule has 2 fully saturated rings. The minimum Gasteiger partial charge on any atom is -0.434 e. The highest BCUT2D eigenvalue weighted by Crippen LogP contribution is 2.32. The Morgan fingerprint density at radius 3 is 2.10 bits per heavy atom. The van der Waals surface area contributed by atoms with Crippen LogP contribution in [0.4, 0.5) is 9.59 Å². The van der Waals surface area contributed by atoms with E-state index in [1.807, 2.05) is 62.3 Å². The van der Waals surface area contributed by atoms with Gasteiger partial charge < -0.3 is 35.6 Å². The lowest BCUT2D eigenvalue weighted by atomic mass is 9.85. The van der Waals surface area contributed by atoms with Gasteiger partial charge in [0.05, 0.1) is 18.7 Å². The SMILES string of the molecule is C=CCNC(=O)C(=O)C(CCC)NC(=O)C1C[C@@H](C(C)C)CN1C(=O)[C@@H](NC(=O)N[C@H](COC(=O)OCC1CC1)C(C)(C)C)C(C)(C)C. The largest absolute Gasteiger partial charge is 0.508 e. The van der Waals surface area contributed by atoms with Gasteiger partial charge in [-0.3, -0.25) is 19.2 Å². The number of carbonyl (C=O) groups is 6. The number of ether oxygens (including phenoxy) is 2. The van der Waals surface area contributed by atoms with Gasteiger partial charge in [-0.15, -0.1) is 6.58 Å². The first-order chi connectivity index (χ1) is 22.3.